The van der Waals surface area contributed by atoms with E-state index in [0.29, 0.717) is 0 Å². The van der Waals surface area contributed by atoms with Gasteiger partial charge in [-0.1, -0.05) is 54.6 Å². The van der Waals surface area contributed by atoms with Crippen LogP contribution in [0.4, 0.5) is 5.69 Å². The van der Waals surface area contributed by atoms with E-state index in [9.17, 15) is 4.79 Å². The van der Waals surface area contributed by atoms with Crippen molar-refractivity contribution in [2.45, 2.75) is 18.4 Å². The summed E-state index contributed by atoms with van der Waals surface area (Å²) in [5, 5.41) is 3.55. The molecular formula is C24H21NO2. The molecule has 3 aromatic carbocycles. The molecule has 0 aromatic heterocycles. The Morgan fingerprint density at radius 3 is 2.56 bits per heavy atom. The van der Waals surface area contributed by atoms with Gasteiger partial charge in [-0.25, -0.2) is 0 Å². The molecule has 3 aromatic rings. The minimum atomic E-state index is -0.231. The zero-order valence-corrected chi connectivity index (χ0v) is 15.2. The Bertz CT molecular complexity index is 1010. The number of ketones is 1. The summed E-state index contributed by atoms with van der Waals surface area (Å²) in [5.74, 6) is 1.44. The Morgan fingerprint density at radius 1 is 0.963 bits per heavy atom. The quantitative estimate of drug-likeness (QED) is 0.694. The molecule has 0 fully saturated rings. The van der Waals surface area contributed by atoms with Crippen LogP contribution in [0.2, 0.25) is 0 Å². The van der Waals surface area contributed by atoms with Gasteiger partial charge in [0.25, 0.3) is 0 Å². The third-order valence-corrected chi connectivity index (χ3v) is 5.95. The molecule has 0 saturated carbocycles. The van der Waals surface area contributed by atoms with E-state index in [-0.39, 0.29) is 23.7 Å². The van der Waals surface area contributed by atoms with Crippen molar-refractivity contribution < 1.29 is 9.53 Å². The highest BCUT2D eigenvalue weighted by molar-refractivity contribution is 6.02. The van der Waals surface area contributed by atoms with Gasteiger partial charge in [-0.2, -0.15) is 0 Å². The number of hydrogen-bond acceptors (Lipinski definition) is 3. The Labute approximate surface area is 159 Å². The van der Waals surface area contributed by atoms with Gasteiger partial charge in [-0.05, 0) is 41.3 Å². The van der Waals surface area contributed by atoms with Crippen LogP contribution in [0.3, 0.4) is 0 Å². The molecule has 0 spiro atoms. The third kappa shape index (κ3) is 2.54. The van der Waals surface area contributed by atoms with Gasteiger partial charge in [-0.15, -0.1) is 0 Å². The van der Waals surface area contributed by atoms with Crippen molar-refractivity contribution in [3.8, 4) is 5.75 Å². The summed E-state index contributed by atoms with van der Waals surface area (Å²) in [6.45, 7) is 0. The summed E-state index contributed by atoms with van der Waals surface area (Å²) in [6, 6.07) is 24.1. The molecule has 27 heavy (non-hydrogen) atoms. The summed E-state index contributed by atoms with van der Waals surface area (Å²) >= 11 is 0. The van der Waals surface area contributed by atoms with E-state index < -0.39 is 0 Å². The molecule has 3 atom stereocenters. The number of ether oxygens (including phenoxy) is 1. The number of carbonyl (C=O) groups is 1. The molecule has 134 valence electrons. The largest absolute Gasteiger partial charge is 0.497 e. The summed E-state index contributed by atoms with van der Waals surface area (Å²) < 4.78 is 5.47. The van der Waals surface area contributed by atoms with Crippen LogP contribution in [0, 0.1) is 5.92 Å². The van der Waals surface area contributed by atoms with Gasteiger partial charge < -0.3 is 10.1 Å². The SMILES string of the molecule is COc1ccc2c(c1)[C@H]1c3ccccc3C[C@H]1[C@@H](C(=O)c1ccccc1)N2. The van der Waals surface area contributed by atoms with E-state index >= 15 is 0 Å². The number of benzene rings is 3. The van der Waals surface area contributed by atoms with Crippen molar-refractivity contribution in [3.63, 3.8) is 0 Å². The van der Waals surface area contributed by atoms with Crippen LogP contribution in [0.1, 0.15) is 33.0 Å². The summed E-state index contributed by atoms with van der Waals surface area (Å²) in [7, 11) is 1.69. The third-order valence-electron chi connectivity index (χ3n) is 5.95. The molecule has 1 N–H and O–H groups in total. The molecule has 1 aliphatic heterocycles. The van der Waals surface area contributed by atoms with Crippen LogP contribution in [-0.2, 0) is 6.42 Å². The van der Waals surface area contributed by atoms with E-state index in [2.05, 4.69) is 35.6 Å². The fourth-order valence-corrected chi connectivity index (χ4v) is 4.71. The van der Waals surface area contributed by atoms with E-state index in [1.807, 2.05) is 42.5 Å². The molecule has 3 nitrogen and oxygen atoms in total. The van der Waals surface area contributed by atoms with Crippen molar-refractivity contribution in [1.29, 1.82) is 0 Å². The van der Waals surface area contributed by atoms with Crippen LogP contribution < -0.4 is 10.1 Å². The number of nitrogens with one attached hydrogen (secondary N) is 1. The minimum Gasteiger partial charge on any atom is -0.497 e. The van der Waals surface area contributed by atoms with E-state index in [4.69, 9.17) is 4.74 Å². The van der Waals surface area contributed by atoms with E-state index in [1.165, 1.54) is 16.7 Å². The predicted octanol–water partition coefficient (Wildman–Crippen LogP) is 4.68. The van der Waals surface area contributed by atoms with E-state index in [1.54, 1.807) is 7.11 Å². The van der Waals surface area contributed by atoms with Gasteiger partial charge in [0.2, 0.25) is 0 Å². The molecule has 2 aliphatic rings. The average molecular weight is 355 g/mol. The Hall–Kier alpha value is -3.07. The Kier molecular flexibility index (Phi) is 3.75. The zero-order chi connectivity index (χ0) is 18.4. The van der Waals surface area contributed by atoms with Crippen LogP contribution in [0.15, 0.2) is 72.8 Å². The summed E-state index contributed by atoms with van der Waals surface area (Å²) in [6.07, 6.45) is 0.910. The highest BCUT2D eigenvalue weighted by Gasteiger charge is 2.45. The van der Waals surface area contributed by atoms with Crippen molar-refractivity contribution in [2.75, 3.05) is 12.4 Å². The normalized spacial score (nSPS) is 22.2. The van der Waals surface area contributed by atoms with Gasteiger partial charge in [0, 0.05) is 23.1 Å². The molecule has 0 saturated heterocycles. The average Bonchev–Trinajstić information content (AvgIpc) is 3.13. The van der Waals surface area contributed by atoms with Gasteiger partial charge in [0.05, 0.1) is 13.2 Å². The van der Waals surface area contributed by atoms with E-state index in [0.717, 1.165) is 23.4 Å². The van der Waals surface area contributed by atoms with Crippen LogP contribution in [-0.4, -0.2) is 18.9 Å². The number of hydrogen-bond donors (Lipinski definition) is 1. The van der Waals surface area contributed by atoms with Gasteiger partial charge in [-0.3, -0.25) is 4.79 Å². The molecule has 0 bridgehead atoms. The topological polar surface area (TPSA) is 38.3 Å². The molecule has 1 aliphatic carbocycles. The zero-order valence-electron chi connectivity index (χ0n) is 15.2. The first-order chi connectivity index (χ1) is 13.3. The first-order valence-electron chi connectivity index (χ1n) is 9.38. The summed E-state index contributed by atoms with van der Waals surface area (Å²) in [5.41, 5.74) is 5.70. The maximum atomic E-state index is 13.3. The molecule has 5 rings (SSSR count). The number of rotatable bonds is 3. The lowest BCUT2D eigenvalue weighted by Crippen LogP contribution is -2.42. The molecule has 3 heteroatoms. The first kappa shape index (κ1) is 16.1. The monoisotopic (exact) mass is 355 g/mol. The fraction of sp³-hybridized carbons (Fsp3) is 0.208. The molecular weight excluding hydrogens is 334 g/mol. The van der Waals surface area contributed by atoms with Gasteiger partial charge >= 0.3 is 0 Å². The highest BCUT2D eigenvalue weighted by atomic mass is 16.5. The second-order valence-electron chi connectivity index (χ2n) is 7.35. The fourth-order valence-electron chi connectivity index (χ4n) is 4.71. The Morgan fingerprint density at radius 2 is 1.74 bits per heavy atom. The number of fused-ring (bicyclic) bond motifs is 5. The summed E-state index contributed by atoms with van der Waals surface area (Å²) in [4.78, 5) is 13.3. The van der Waals surface area contributed by atoms with Gasteiger partial charge in [0.1, 0.15) is 5.75 Å². The lowest BCUT2D eigenvalue weighted by atomic mass is 9.75. The minimum absolute atomic E-state index is 0.167. The Balaban J connectivity index is 1.64. The maximum Gasteiger partial charge on any atom is 0.185 e. The van der Waals surface area contributed by atoms with Crippen molar-refractivity contribution in [1.82, 2.24) is 0 Å². The van der Waals surface area contributed by atoms with Crippen molar-refractivity contribution in [2.24, 2.45) is 5.92 Å². The number of methoxy groups -OCH3 is 1. The number of anilines is 1. The van der Waals surface area contributed by atoms with Gasteiger partial charge in [0.15, 0.2) is 5.78 Å². The standard InChI is InChI=1S/C24H21NO2/c1-27-17-11-12-21-19(14-17)22-18-10-6-5-9-16(18)13-20(22)23(25-21)24(26)15-7-3-2-4-8-15/h2-12,14,20,22-23,25H,13H2,1H3/t20-,22-,23+/m1/s1. The highest BCUT2D eigenvalue weighted by Crippen LogP contribution is 2.50. The smallest absolute Gasteiger partial charge is 0.185 e. The second-order valence-corrected chi connectivity index (χ2v) is 7.35. The molecule has 0 radical (unpaired) electrons. The van der Waals surface area contributed by atoms with Crippen LogP contribution in [0.25, 0.3) is 0 Å². The molecule has 1 heterocycles. The lowest BCUT2D eigenvalue weighted by molar-refractivity contribution is 0.0938. The predicted molar refractivity (Wildman–Crippen MR) is 107 cm³/mol. The molecule has 0 amide bonds. The van der Waals surface area contributed by atoms with Crippen molar-refractivity contribution >= 4 is 11.5 Å². The number of Topliss-reactive ketones (excluding diaryl/α,β-unsaturated/α-hetero) is 1. The van der Waals surface area contributed by atoms with Crippen LogP contribution in [0.5, 0.6) is 5.75 Å². The van der Waals surface area contributed by atoms with Crippen LogP contribution >= 0.6 is 0 Å². The lowest BCUT2D eigenvalue weighted by Gasteiger charge is -2.37. The maximum absolute atomic E-state index is 13.3. The number of carbonyl (C=O) groups excluding carboxylic acids is 1. The second kappa shape index (κ2) is 6.27. The molecule has 0 unspecified atom stereocenters. The first-order valence-corrected chi connectivity index (χ1v) is 9.38. The van der Waals surface area contributed by atoms with Crippen molar-refractivity contribution in [3.05, 3.63) is 95.1 Å².